The van der Waals surface area contributed by atoms with Gasteiger partial charge in [0, 0.05) is 66.4 Å². The highest BCUT2D eigenvalue weighted by atomic mass is 19.1. The SMILES string of the molecule is CC(C)NC(=O)c1ccc(F)c(-c2cccc(C(=O)Cc3cnccc3N3CCC[C@H](N)C3)n2)c1. The van der Waals surface area contributed by atoms with Crippen LogP contribution in [-0.2, 0) is 6.42 Å². The second kappa shape index (κ2) is 10.7. The summed E-state index contributed by atoms with van der Waals surface area (Å²) in [5, 5.41) is 2.80. The monoisotopic (exact) mass is 475 g/mol. The molecule has 2 aromatic heterocycles. The fourth-order valence-corrected chi connectivity index (χ4v) is 4.31. The van der Waals surface area contributed by atoms with Crippen LogP contribution in [0.2, 0.25) is 0 Å². The molecule has 1 fully saturated rings. The molecule has 4 rings (SSSR count). The van der Waals surface area contributed by atoms with Crippen LogP contribution in [0.1, 0.15) is 53.1 Å². The van der Waals surface area contributed by atoms with Crippen molar-refractivity contribution in [3.8, 4) is 11.3 Å². The summed E-state index contributed by atoms with van der Waals surface area (Å²) in [5.74, 6) is -1.01. The maximum absolute atomic E-state index is 14.7. The molecule has 0 saturated carbocycles. The first-order valence-electron chi connectivity index (χ1n) is 11.9. The fraction of sp³-hybridized carbons (Fsp3) is 0.333. The summed E-state index contributed by atoms with van der Waals surface area (Å²) in [6.07, 6.45) is 5.52. The highest BCUT2D eigenvalue weighted by Gasteiger charge is 2.21. The number of ketones is 1. The van der Waals surface area contributed by atoms with Gasteiger partial charge in [-0.3, -0.25) is 14.6 Å². The molecule has 1 aliphatic heterocycles. The van der Waals surface area contributed by atoms with Gasteiger partial charge >= 0.3 is 0 Å². The second-order valence-electron chi connectivity index (χ2n) is 9.18. The van der Waals surface area contributed by atoms with Crippen molar-refractivity contribution < 1.29 is 14.0 Å². The van der Waals surface area contributed by atoms with E-state index in [4.69, 9.17) is 5.73 Å². The van der Waals surface area contributed by atoms with E-state index in [1.54, 1.807) is 30.6 Å². The van der Waals surface area contributed by atoms with Crippen molar-refractivity contribution in [3.05, 3.63) is 77.5 Å². The maximum Gasteiger partial charge on any atom is 0.251 e. The molecular formula is C27H30FN5O2. The van der Waals surface area contributed by atoms with Crippen molar-refractivity contribution >= 4 is 17.4 Å². The van der Waals surface area contributed by atoms with E-state index in [0.29, 0.717) is 11.3 Å². The number of halogens is 1. The van der Waals surface area contributed by atoms with Gasteiger partial charge in [-0.2, -0.15) is 0 Å². The van der Waals surface area contributed by atoms with Gasteiger partial charge in [0.25, 0.3) is 5.91 Å². The van der Waals surface area contributed by atoms with Gasteiger partial charge in [-0.1, -0.05) is 6.07 Å². The molecule has 3 N–H and O–H groups in total. The van der Waals surface area contributed by atoms with Crippen molar-refractivity contribution in [1.29, 1.82) is 0 Å². The van der Waals surface area contributed by atoms with Gasteiger partial charge in [0.15, 0.2) is 5.78 Å². The topological polar surface area (TPSA) is 101 Å². The van der Waals surface area contributed by atoms with Crippen LogP contribution in [0.3, 0.4) is 0 Å². The molecule has 1 atom stereocenters. The Kier molecular flexibility index (Phi) is 7.51. The molecular weight excluding hydrogens is 445 g/mol. The zero-order valence-electron chi connectivity index (χ0n) is 20.0. The third-order valence-electron chi connectivity index (χ3n) is 5.99. The van der Waals surface area contributed by atoms with Gasteiger partial charge < -0.3 is 16.0 Å². The van der Waals surface area contributed by atoms with Crippen LogP contribution in [0, 0.1) is 5.82 Å². The third-order valence-corrected chi connectivity index (χ3v) is 5.99. The molecule has 0 unspecified atom stereocenters. The standard InChI is InChI=1S/C27H30FN5O2/c1-17(2)31-27(35)18-8-9-22(28)21(13-18)23-6-3-7-24(32-23)26(34)14-19-15-30-11-10-25(19)33-12-4-5-20(29)16-33/h3,6-11,13,15,17,20H,4-5,12,14,16,29H2,1-2H3,(H,31,35)/t20-/m0/s1. The summed E-state index contributed by atoms with van der Waals surface area (Å²) in [6.45, 7) is 5.32. The van der Waals surface area contributed by atoms with Crippen LogP contribution >= 0.6 is 0 Å². The van der Waals surface area contributed by atoms with E-state index >= 15 is 0 Å². The zero-order valence-corrected chi connectivity index (χ0v) is 20.0. The molecule has 3 heterocycles. The zero-order chi connectivity index (χ0) is 24.9. The Morgan fingerprint density at radius 3 is 2.83 bits per heavy atom. The van der Waals surface area contributed by atoms with Gasteiger partial charge in [-0.05, 0) is 63.1 Å². The number of piperidine rings is 1. The van der Waals surface area contributed by atoms with E-state index < -0.39 is 5.82 Å². The fourth-order valence-electron chi connectivity index (χ4n) is 4.31. The number of pyridine rings is 2. The van der Waals surface area contributed by atoms with Crippen LogP contribution in [0.25, 0.3) is 11.3 Å². The lowest BCUT2D eigenvalue weighted by Crippen LogP contribution is -2.43. The molecule has 0 aliphatic carbocycles. The van der Waals surface area contributed by atoms with Gasteiger partial charge in [-0.15, -0.1) is 0 Å². The van der Waals surface area contributed by atoms with Crippen LogP contribution in [0.4, 0.5) is 10.1 Å². The molecule has 182 valence electrons. The van der Waals surface area contributed by atoms with Crippen LogP contribution in [-0.4, -0.2) is 46.8 Å². The summed E-state index contributed by atoms with van der Waals surface area (Å²) in [4.78, 5) is 36.4. The summed E-state index contributed by atoms with van der Waals surface area (Å²) in [5.41, 5.74) is 8.92. The highest BCUT2D eigenvalue weighted by molar-refractivity contribution is 5.97. The number of benzene rings is 1. The predicted octanol–water partition coefficient (Wildman–Crippen LogP) is 3.77. The Hall–Kier alpha value is -3.65. The molecule has 8 heteroatoms. The Bertz CT molecular complexity index is 1230. The lowest BCUT2D eigenvalue weighted by atomic mass is 10.0. The van der Waals surface area contributed by atoms with E-state index in [-0.39, 0.29) is 41.5 Å². The molecule has 35 heavy (non-hydrogen) atoms. The van der Waals surface area contributed by atoms with Crippen LogP contribution in [0.5, 0.6) is 0 Å². The van der Waals surface area contributed by atoms with E-state index in [1.165, 1.54) is 18.2 Å². The van der Waals surface area contributed by atoms with Gasteiger partial charge in [-0.25, -0.2) is 9.37 Å². The second-order valence-corrected chi connectivity index (χ2v) is 9.18. The quantitative estimate of drug-likeness (QED) is 0.505. The third kappa shape index (κ3) is 5.89. The number of nitrogens with two attached hydrogens (primary N) is 1. The summed E-state index contributed by atoms with van der Waals surface area (Å²) < 4.78 is 14.7. The maximum atomic E-state index is 14.7. The van der Waals surface area contributed by atoms with E-state index in [1.807, 2.05) is 19.9 Å². The van der Waals surface area contributed by atoms with Crippen molar-refractivity contribution in [1.82, 2.24) is 15.3 Å². The lowest BCUT2D eigenvalue weighted by molar-refractivity contribution is 0.0941. The number of rotatable bonds is 7. The van der Waals surface area contributed by atoms with E-state index in [0.717, 1.165) is 37.2 Å². The molecule has 1 aromatic carbocycles. The van der Waals surface area contributed by atoms with Gasteiger partial charge in [0.2, 0.25) is 0 Å². The van der Waals surface area contributed by atoms with Crippen molar-refractivity contribution in [2.75, 3.05) is 18.0 Å². The molecule has 1 saturated heterocycles. The first kappa shape index (κ1) is 24.5. The normalized spacial score (nSPS) is 15.8. The number of hydrogen-bond donors (Lipinski definition) is 2. The molecule has 7 nitrogen and oxygen atoms in total. The Morgan fingerprint density at radius 2 is 2.06 bits per heavy atom. The van der Waals surface area contributed by atoms with E-state index in [2.05, 4.69) is 20.2 Å². The van der Waals surface area contributed by atoms with Crippen LogP contribution in [0.15, 0.2) is 54.9 Å². The molecule has 1 amide bonds. The Balaban J connectivity index is 1.58. The van der Waals surface area contributed by atoms with Crippen molar-refractivity contribution in [2.45, 2.75) is 45.2 Å². The first-order valence-corrected chi connectivity index (χ1v) is 11.9. The van der Waals surface area contributed by atoms with E-state index in [9.17, 15) is 14.0 Å². The number of anilines is 1. The molecule has 3 aromatic rings. The molecule has 0 bridgehead atoms. The largest absolute Gasteiger partial charge is 0.370 e. The smallest absolute Gasteiger partial charge is 0.251 e. The molecule has 0 spiro atoms. The number of carbonyl (C=O) groups is 2. The number of nitrogens with one attached hydrogen (secondary N) is 1. The summed E-state index contributed by atoms with van der Waals surface area (Å²) in [6, 6.07) is 11.0. The minimum Gasteiger partial charge on any atom is -0.370 e. The number of carbonyl (C=O) groups excluding carboxylic acids is 2. The van der Waals surface area contributed by atoms with Crippen molar-refractivity contribution in [2.24, 2.45) is 5.73 Å². The number of hydrogen-bond acceptors (Lipinski definition) is 6. The first-order chi connectivity index (χ1) is 16.8. The van der Waals surface area contributed by atoms with Crippen molar-refractivity contribution in [3.63, 3.8) is 0 Å². The lowest BCUT2D eigenvalue weighted by Gasteiger charge is -2.33. The predicted molar refractivity (Wildman–Crippen MR) is 134 cm³/mol. The minimum absolute atomic E-state index is 0.0480. The molecule has 0 radical (unpaired) electrons. The van der Waals surface area contributed by atoms with Gasteiger partial charge in [0.05, 0.1) is 5.69 Å². The van der Waals surface area contributed by atoms with Crippen LogP contribution < -0.4 is 16.0 Å². The Labute approximate surface area is 204 Å². The van der Waals surface area contributed by atoms with Gasteiger partial charge in [0.1, 0.15) is 11.5 Å². The average Bonchev–Trinajstić information content (AvgIpc) is 2.84. The summed E-state index contributed by atoms with van der Waals surface area (Å²) >= 11 is 0. The highest BCUT2D eigenvalue weighted by Crippen LogP contribution is 2.26. The number of amides is 1. The number of Topliss-reactive ketones (excluding diaryl/α,β-unsaturated/α-hetero) is 1. The number of aromatic nitrogens is 2. The minimum atomic E-state index is -0.515. The average molecular weight is 476 g/mol. The Morgan fingerprint density at radius 1 is 1.23 bits per heavy atom. The number of nitrogens with zero attached hydrogens (tertiary/aromatic N) is 3. The molecule has 1 aliphatic rings. The summed E-state index contributed by atoms with van der Waals surface area (Å²) in [7, 11) is 0.